The maximum absolute atomic E-state index is 5.30. The molecule has 12 heteroatoms. The highest BCUT2D eigenvalue weighted by atomic mass is 32.1. The third-order valence-corrected chi connectivity index (χ3v) is 32.9. The van der Waals surface area contributed by atoms with Crippen LogP contribution in [0.1, 0.15) is 0 Å². The SMILES string of the molecule is c1cc(-c2cc(-c3cccc4ccccc34)nc(-c3cccc4ccccc34)n2)cc(-c2c3ccccc3n3c2sc2ccccc23)c1.c1cc(-c2cccc(-c3c4ccccc4n4c3sc3ccccc34)c2)cc(-c2cc(-c3ccc4ccccc4c3)nc(-c3ccc4ccccc4c3)n2)c1.c1ccc2c(-c3cc(-c4ccc(-c5c6ccccc6n6c5sc5ccccc56)cc4)nc(-c4cccc5ccccc45)n3)cccc2c1. The molecule has 9 heterocycles. The van der Waals surface area contributed by atoms with Crippen LogP contribution in [0.25, 0.3) is 289 Å². The molecule has 0 bridgehead atoms. The van der Waals surface area contributed by atoms with Crippen LogP contribution in [0.15, 0.2) is 516 Å². The van der Waals surface area contributed by atoms with E-state index in [2.05, 4.69) is 529 Å². The molecule has 0 aliphatic rings. The summed E-state index contributed by atoms with van der Waals surface area (Å²) in [6.07, 6.45) is 0. The van der Waals surface area contributed by atoms with Gasteiger partial charge >= 0.3 is 0 Å². The molecule has 9 aromatic heterocycles. The summed E-state index contributed by atoms with van der Waals surface area (Å²) in [6, 6.07) is 184. The molecule has 0 saturated heterocycles. The summed E-state index contributed by atoms with van der Waals surface area (Å²) in [6.45, 7) is 0. The summed E-state index contributed by atoms with van der Waals surface area (Å²) in [5.41, 5.74) is 32.0. The molecule has 31 rings (SSSR count). The fourth-order valence-corrected chi connectivity index (χ4v) is 26.0. The van der Waals surface area contributed by atoms with Gasteiger partial charge in [0.2, 0.25) is 0 Å². The van der Waals surface area contributed by atoms with Gasteiger partial charge in [0, 0.05) is 82.9 Å². The Morgan fingerprint density at radius 2 is 0.393 bits per heavy atom. The van der Waals surface area contributed by atoms with E-state index < -0.39 is 0 Å². The third-order valence-electron chi connectivity index (χ3n) is 29.4. The smallest absolute Gasteiger partial charge is 0.161 e. The number of para-hydroxylation sites is 6. The topological polar surface area (TPSA) is 90.6 Å². The van der Waals surface area contributed by atoms with E-state index in [1.165, 1.54) is 165 Å². The quantitative estimate of drug-likeness (QED) is 0.114. The molecular formula is C138H85N9S3. The Balaban J connectivity index is 0.000000106. The Labute approximate surface area is 874 Å². The maximum Gasteiger partial charge on any atom is 0.161 e. The van der Waals surface area contributed by atoms with E-state index in [9.17, 15) is 0 Å². The van der Waals surface area contributed by atoms with Crippen molar-refractivity contribution < 1.29 is 0 Å². The fourth-order valence-electron chi connectivity index (χ4n) is 22.3. The van der Waals surface area contributed by atoms with Crippen molar-refractivity contribution in [2.45, 2.75) is 0 Å². The van der Waals surface area contributed by atoms with Gasteiger partial charge in [-0.15, -0.1) is 34.0 Å². The molecule has 0 spiro atoms. The van der Waals surface area contributed by atoms with Gasteiger partial charge in [0.1, 0.15) is 14.5 Å². The van der Waals surface area contributed by atoms with Gasteiger partial charge in [-0.3, -0.25) is 13.2 Å². The standard InChI is InChI=1S/C50H31N3S.2C44H27N3S/c1-3-13-34-27-39(25-23-32(34)11-1)44-31-43(51-49(52-44)41-26-24-33-12-2-4-14-35(33)30-41)38-17-9-15-36(28-38)37-16-10-18-40(29-37)48-42-19-5-6-20-45(42)53-46-21-7-8-22-47(46)54-50(48)53;1-3-18-32-28(12-1)14-10-21-34(32)38-27-37(45-43(46-38)35-22-11-15-29-13-2-4-19-33(29)35)30-16-9-17-31(26-30)42-36-20-5-6-23-39(36)47-40-24-7-8-25-41(40)48-44(42)47;1-3-15-32-28(11-1)13-9-18-34(32)38-27-37(45-43(46-38)35-19-10-14-29-12-2-4-16-33(29)35)30-23-25-31(26-24-30)42-36-17-5-6-20-39(36)47-40-21-7-8-22-41(40)48-44(42)47/h1-31H;2*1-27H. The van der Waals surface area contributed by atoms with Gasteiger partial charge < -0.3 is 0 Å². The average Bonchev–Trinajstić information content (AvgIpc) is 1.57. The van der Waals surface area contributed by atoms with Crippen molar-refractivity contribution >= 4 is 176 Å². The number of thiazole rings is 3. The van der Waals surface area contributed by atoms with E-state index in [4.69, 9.17) is 29.9 Å². The molecule has 0 unspecified atom stereocenters. The molecule has 0 amide bonds. The first-order chi connectivity index (χ1) is 74.3. The lowest BCUT2D eigenvalue weighted by molar-refractivity contribution is 1.18. The lowest BCUT2D eigenvalue weighted by Gasteiger charge is -2.13. The van der Waals surface area contributed by atoms with Crippen LogP contribution in [-0.4, -0.2) is 43.1 Å². The van der Waals surface area contributed by atoms with E-state index in [1.807, 2.05) is 34.0 Å². The van der Waals surface area contributed by atoms with Gasteiger partial charge in [-0.05, 0) is 196 Å². The van der Waals surface area contributed by atoms with Gasteiger partial charge in [0.15, 0.2) is 17.5 Å². The van der Waals surface area contributed by atoms with Crippen molar-refractivity contribution in [2.75, 3.05) is 0 Å². The van der Waals surface area contributed by atoms with Crippen LogP contribution in [0.4, 0.5) is 0 Å². The number of hydrogen-bond donors (Lipinski definition) is 0. The molecule has 31 aromatic rings. The lowest BCUT2D eigenvalue weighted by Crippen LogP contribution is -1.97. The maximum atomic E-state index is 5.30. The lowest BCUT2D eigenvalue weighted by atomic mass is 9.96. The Morgan fingerprint density at radius 3 is 0.813 bits per heavy atom. The molecule has 150 heavy (non-hydrogen) atoms. The monoisotopic (exact) mass is 1960 g/mol. The molecular weight excluding hydrogens is 1880 g/mol. The molecule has 0 atom stereocenters. The van der Waals surface area contributed by atoms with Gasteiger partial charge in [0.05, 0.1) is 81.4 Å². The predicted octanol–water partition coefficient (Wildman–Crippen LogP) is 37.9. The van der Waals surface area contributed by atoms with Gasteiger partial charge in [-0.25, -0.2) is 29.9 Å². The van der Waals surface area contributed by atoms with Crippen molar-refractivity contribution in [3.8, 4) is 146 Å². The highest BCUT2D eigenvalue weighted by molar-refractivity contribution is 7.25. The molecule has 22 aromatic carbocycles. The summed E-state index contributed by atoms with van der Waals surface area (Å²) < 4.78 is 11.1. The molecule has 9 nitrogen and oxygen atoms in total. The highest BCUT2D eigenvalue weighted by Crippen LogP contribution is 2.49. The zero-order valence-corrected chi connectivity index (χ0v) is 83.3. The number of nitrogens with zero attached hydrogens (tertiary/aromatic N) is 9. The van der Waals surface area contributed by atoms with E-state index in [0.717, 1.165) is 118 Å². The Bertz CT molecular complexity index is 10600. The summed E-state index contributed by atoms with van der Waals surface area (Å²) in [7, 11) is 0. The van der Waals surface area contributed by atoms with Crippen LogP contribution in [0, 0.1) is 0 Å². The van der Waals surface area contributed by atoms with Crippen LogP contribution in [0.3, 0.4) is 0 Å². The summed E-state index contributed by atoms with van der Waals surface area (Å²) >= 11 is 5.56. The summed E-state index contributed by atoms with van der Waals surface area (Å²) in [4.78, 5) is 35.3. The van der Waals surface area contributed by atoms with Crippen LogP contribution in [0.2, 0.25) is 0 Å². The van der Waals surface area contributed by atoms with Gasteiger partial charge in [0.25, 0.3) is 0 Å². The van der Waals surface area contributed by atoms with Crippen LogP contribution < -0.4 is 0 Å². The van der Waals surface area contributed by atoms with Crippen molar-refractivity contribution in [2.24, 2.45) is 0 Å². The molecule has 0 saturated carbocycles. The predicted molar refractivity (Wildman–Crippen MR) is 633 cm³/mol. The summed E-state index contributed by atoms with van der Waals surface area (Å²) in [5.74, 6) is 2.15. The van der Waals surface area contributed by atoms with Crippen LogP contribution in [-0.2, 0) is 0 Å². The van der Waals surface area contributed by atoms with Crippen LogP contribution in [0.5, 0.6) is 0 Å². The average molecular weight is 1970 g/mol. The highest BCUT2D eigenvalue weighted by Gasteiger charge is 2.26. The largest absolute Gasteiger partial charge is 0.299 e. The van der Waals surface area contributed by atoms with Crippen molar-refractivity contribution in [1.29, 1.82) is 0 Å². The molecule has 700 valence electrons. The zero-order chi connectivity index (χ0) is 98.8. The first-order valence-corrected chi connectivity index (χ1v) is 53.0. The number of aromatic nitrogens is 9. The number of fused-ring (bicyclic) bond motifs is 21. The second kappa shape index (κ2) is 36.6. The first-order valence-electron chi connectivity index (χ1n) is 50.6. The van der Waals surface area contributed by atoms with Crippen molar-refractivity contribution in [3.05, 3.63) is 516 Å². The van der Waals surface area contributed by atoms with E-state index in [-0.39, 0.29) is 0 Å². The minimum atomic E-state index is 0.710. The minimum absolute atomic E-state index is 0.710. The molecule has 0 N–H and O–H groups in total. The number of benzene rings is 22. The van der Waals surface area contributed by atoms with Crippen molar-refractivity contribution in [3.63, 3.8) is 0 Å². The normalized spacial score (nSPS) is 11.7. The van der Waals surface area contributed by atoms with Crippen LogP contribution >= 0.6 is 34.0 Å². The second-order valence-electron chi connectivity index (χ2n) is 38.2. The van der Waals surface area contributed by atoms with E-state index >= 15 is 0 Å². The third kappa shape index (κ3) is 15.3. The summed E-state index contributed by atoms with van der Waals surface area (Å²) in [5, 5.41) is 17.9. The van der Waals surface area contributed by atoms with Gasteiger partial charge in [-0.2, -0.15) is 0 Å². The molecule has 0 aliphatic carbocycles. The van der Waals surface area contributed by atoms with E-state index in [0.29, 0.717) is 5.82 Å². The zero-order valence-electron chi connectivity index (χ0n) is 80.8. The second-order valence-corrected chi connectivity index (χ2v) is 41.3. The van der Waals surface area contributed by atoms with E-state index in [1.54, 1.807) is 0 Å². The molecule has 0 aliphatic heterocycles. The Morgan fingerprint density at radius 1 is 0.140 bits per heavy atom. The Hall–Kier alpha value is -19.1. The minimum Gasteiger partial charge on any atom is -0.299 e. The first kappa shape index (κ1) is 87.5. The van der Waals surface area contributed by atoms with Gasteiger partial charge in [-0.1, -0.05) is 413 Å². The molecule has 0 fully saturated rings. The number of hydrogen-bond acceptors (Lipinski definition) is 9. The van der Waals surface area contributed by atoms with Crippen molar-refractivity contribution in [1.82, 2.24) is 43.1 Å². The number of rotatable bonds is 13. The Kier molecular flexibility index (Phi) is 21.3. The molecule has 0 radical (unpaired) electrons. The fraction of sp³-hybridized carbons (Fsp3) is 0.